The quantitative estimate of drug-likeness (QED) is 0.904. The predicted molar refractivity (Wildman–Crippen MR) is 75.3 cm³/mol. The third-order valence-corrected chi connectivity index (χ3v) is 4.79. The van der Waals surface area contributed by atoms with Crippen molar-refractivity contribution in [3.63, 3.8) is 0 Å². The zero-order valence-corrected chi connectivity index (χ0v) is 12.3. The van der Waals surface area contributed by atoms with E-state index in [0.29, 0.717) is 12.1 Å². The molecule has 0 radical (unpaired) electrons. The van der Waals surface area contributed by atoms with Gasteiger partial charge in [0, 0.05) is 24.3 Å². The molecule has 106 valence electrons. The van der Waals surface area contributed by atoms with Crippen LogP contribution in [-0.4, -0.2) is 18.2 Å². The van der Waals surface area contributed by atoms with Crippen LogP contribution in [0.2, 0.25) is 0 Å². The fourth-order valence-electron chi connectivity index (χ4n) is 3.61. The molecular formula is C16H25NO2. The summed E-state index contributed by atoms with van der Waals surface area (Å²) in [5, 5.41) is 3.77. The van der Waals surface area contributed by atoms with Gasteiger partial charge in [-0.05, 0) is 58.9 Å². The normalized spacial score (nSPS) is 27.2. The first-order valence-electron chi connectivity index (χ1n) is 7.55. The molecule has 19 heavy (non-hydrogen) atoms. The largest absolute Gasteiger partial charge is 0.466 e. The summed E-state index contributed by atoms with van der Waals surface area (Å²) in [4.78, 5) is 0. The lowest BCUT2D eigenvalue weighted by atomic mass is 9.74. The average molecular weight is 263 g/mol. The van der Waals surface area contributed by atoms with Crippen molar-refractivity contribution < 1.29 is 9.15 Å². The summed E-state index contributed by atoms with van der Waals surface area (Å²) < 4.78 is 11.6. The fourth-order valence-corrected chi connectivity index (χ4v) is 3.61. The molecule has 1 saturated heterocycles. The maximum Gasteiger partial charge on any atom is 0.105 e. The Hall–Kier alpha value is -0.800. The van der Waals surface area contributed by atoms with E-state index in [0.717, 1.165) is 24.5 Å². The minimum atomic E-state index is 0.219. The van der Waals surface area contributed by atoms with Gasteiger partial charge in [0.05, 0.1) is 5.60 Å². The number of rotatable bonds is 3. The zero-order valence-electron chi connectivity index (χ0n) is 12.3. The highest BCUT2D eigenvalue weighted by atomic mass is 16.5. The molecule has 2 fully saturated rings. The van der Waals surface area contributed by atoms with Gasteiger partial charge < -0.3 is 14.5 Å². The lowest BCUT2D eigenvalue weighted by Crippen LogP contribution is -2.51. The molecule has 0 bridgehead atoms. The van der Waals surface area contributed by atoms with Crippen molar-refractivity contribution in [2.45, 2.75) is 70.6 Å². The van der Waals surface area contributed by atoms with E-state index in [9.17, 15) is 0 Å². The minimum absolute atomic E-state index is 0.219. The number of nitrogens with one attached hydrogen (secondary N) is 1. The highest BCUT2D eigenvalue weighted by Gasteiger charge is 2.42. The van der Waals surface area contributed by atoms with Gasteiger partial charge in [-0.1, -0.05) is 0 Å². The molecule has 1 aliphatic heterocycles. The first kappa shape index (κ1) is 13.2. The van der Waals surface area contributed by atoms with E-state index in [1.54, 1.807) is 0 Å². The molecule has 2 heterocycles. The van der Waals surface area contributed by atoms with Gasteiger partial charge in [-0.2, -0.15) is 0 Å². The Labute approximate surface area is 115 Å². The molecule has 1 saturated carbocycles. The molecule has 1 aromatic heterocycles. The third-order valence-electron chi connectivity index (χ3n) is 4.79. The molecule has 0 aromatic carbocycles. The molecule has 3 rings (SSSR count). The Bertz CT molecular complexity index is 448. The highest BCUT2D eigenvalue weighted by Crippen LogP contribution is 2.42. The van der Waals surface area contributed by atoms with Crippen LogP contribution in [0.1, 0.15) is 62.2 Å². The van der Waals surface area contributed by atoms with Crippen molar-refractivity contribution in [3.05, 3.63) is 23.2 Å². The molecule has 0 amide bonds. The maximum atomic E-state index is 5.99. The third kappa shape index (κ3) is 2.59. The van der Waals surface area contributed by atoms with Crippen LogP contribution < -0.4 is 5.32 Å². The molecule has 2 unspecified atom stereocenters. The SMILES string of the molecule is Cc1cc(C(C)NC2CCOC3(CCC3)C2)c(C)o1. The van der Waals surface area contributed by atoms with Crippen LogP contribution >= 0.6 is 0 Å². The molecule has 1 aromatic rings. The molecular weight excluding hydrogens is 238 g/mol. The Morgan fingerprint density at radius 2 is 2.16 bits per heavy atom. The molecule has 2 aliphatic rings. The lowest BCUT2D eigenvalue weighted by molar-refractivity contribution is -0.136. The van der Waals surface area contributed by atoms with Crippen LogP contribution in [-0.2, 0) is 4.74 Å². The number of hydrogen-bond donors (Lipinski definition) is 1. The Morgan fingerprint density at radius 3 is 2.74 bits per heavy atom. The Kier molecular flexibility index (Phi) is 3.44. The second kappa shape index (κ2) is 4.95. The standard InChI is InChI=1S/C16H25NO2/c1-11-9-15(13(3)19-11)12(2)17-14-5-8-18-16(10-14)6-4-7-16/h9,12,14,17H,4-8,10H2,1-3H3. The number of furan rings is 1. The number of aryl methyl sites for hydroxylation is 2. The molecule has 1 N–H and O–H groups in total. The zero-order chi connectivity index (χ0) is 13.5. The Morgan fingerprint density at radius 1 is 1.37 bits per heavy atom. The van der Waals surface area contributed by atoms with E-state index < -0.39 is 0 Å². The highest BCUT2D eigenvalue weighted by molar-refractivity contribution is 5.23. The topological polar surface area (TPSA) is 34.4 Å². The summed E-state index contributed by atoms with van der Waals surface area (Å²) in [7, 11) is 0. The minimum Gasteiger partial charge on any atom is -0.466 e. The van der Waals surface area contributed by atoms with Gasteiger partial charge in [-0.15, -0.1) is 0 Å². The van der Waals surface area contributed by atoms with Crippen LogP contribution in [0.5, 0.6) is 0 Å². The van der Waals surface area contributed by atoms with E-state index >= 15 is 0 Å². The van der Waals surface area contributed by atoms with Crippen molar-refractivity contribution in [2.24, 2.45) is 0 Å². The van der Waals surface area contributed by atoms with E-state index in [2.05, 4.69) is 25.2 Å². The molecule has 3 nitrogen and oxygen atoms in total. The van der Waals surface area contributed by atoms with Gasteiger partial charge >= 0.3 is 0 Å². The molecule has 1 aliphatic carbocycles. The van der Waals surface area contributed by atoms with E-state index in [1.165, 1.54) is 31.2 Å². The van der Waals surface area contributed by atoms with Gasteiger partial charge in [0.25, 0.3) is 0 Å². The fraction of sp³-hybridized carbons (Fsp3) is 0.750. The molecule has 3 heteroatoms. The average Bonchev–Trinajstić information content (AvgIpc) is 2.67. The smallest absolute Gasteiger partial charge is 0.105 e. The summed E-state index contributed by atoms with van der Waals surface area (Å²) in [5.74, 6) is 2.05. The second-order valence-electron chi connectivity index (χ2n) is 6.33. The first-order chi connectivity index (χ1) is 9.08. The lowest BCUT2D eigenvalue weighted by Gasteiger charge is -2.47. The summed E-state index contributed by atoms with van der Waals surface area (Å²) in [6, 6.07) is 3.10. The first-order valence-corrected chi connectivity index (χ1v) is 7.55. The monoisotopic (exact) mass is 263 g/mol. The number of ether oxygens (including phenoxy) is 1. The van der Waals surface area contributed by atoms with Gasteiger partial charge in [0.15, 0.2) is 0 Å². The van der Waals surface area contributed by atoms with Gasteiger partial charge in [0.2, 0.25) is 0 Å². The van der Waals surface area contributed by atoms with E-state index in [1.807, 2.05) is 6.92 Å². The molecule has 2 atom stereocenters. The van der Waals surface area contributed by atoms with Crippen molar-refractivity contribution in [3.8, 4) is 0 Å². The van der Waals surface area contributed by atoms with Crippen LogP contribution in [0, 0.1) is 13.8 Å². The van der Waals surface area contributed by atoms with Crippen molar-refractivity contribution in [1.82, 2.24) is 5.32 Å². The summed E-state index contributed by atoms with van der Waals surface area (Å²) >= 11 is 0. The van der Waals surface area contributed by atoms with Gasteiger partial charge in [-0.3, -0.25) is 0 Å². The van der Waals surface area contributed by atoms with Gasteiger partial charge in [-0.25, -0.2) is 0 Å². The number of hydrogen-bond acceptors (Lipinski definition) is 3. The molecule has 1 spiro atoms. The van der Waals surface area contributed by atoms with Crippen molar-refractivity contribution in [2.75, 3.05) is 6.61 Å². The van der Waals surface area contributed by atoms with Gasteiger partial charge in [0.1, 0.15) is 11.5 Å². The van der Waals surface area contributed by atoms with Crippen LogP contribution in [0.25, 0.3) is 0 Å². The van der Waals surface area contributed by atoms with Crippen LogP contribution in [0.4, 0.5) is 0 Å². The summed E-state index contributed by atoms with van der Waals surface area (Å²) in [5.41, 5.74) is 1.52. The Balaban J connectivity index is 1.63. The summed E-state index contributed by atoms with van der Waals surface area (Å²) in [6.07, 6.45) is 6.14. The predicted octanol–water partition coefficient (Wildman–Crippen LogP) is 3.65. The summed E-state index contributed by atoms with van der Waals surface area (Å²) in [6.45, 7) is 7.22. The van der Waals surface area contributed by atoms with Crippen LogP contribution in [0.15, 0.2) is 10.5 Å². The second-order valence-corrected chi connectivity index (χ2v) is 6.33. The van der Waals surface area contributed by atoms with E-state index in [-0.39, 0.29) is 5.60 Å². The maximum absolute atomic E-state index is 5.99. The van der Waals surface area contributed by atoms with Crippen molar-refractivity contribution >= 4 is 0 Å². The van der Waals surface area contributed by atoms with E-state index in [4.69, 9.17) is 9.15 Å². The van der Waals surface area contributed by atoms with Crippen molar-refractivity contribution in [1.29, 1.82) is 0 Å². The van der Waals surface area contributed by atoms with Crippen LogP contribution in [0.3, 0.4) is 0 Å².